The molecule has 1 heterocycles. The molecule has 0 aliphatic carbocycles. The Hall–Kier alpha value is -2.12. The molecule has 9 nitrogen and oxygen atoms in total. The van der Waals surface area contributed by atoms with E-state index in [0.29, 0.717) is 24.4 Å². The fraction of sp³-hybridized carbons (Fsp3) is 0.368. The number of nitrogens with one attached hydrogen (secondary N) is 3. The van der Waals surface area contributed by atoms with Gasteiger partial charge in [-0.1, -0.05) is 24.3 Å². The van der Waals surface area contributed by atoms with Crippen LogP contribution in [0.3, 0.4) is 0 Å². The smallest absolute Gasteiger partial charge is 0.222 e. The van der Waals surface area contributed by atoms with Gasteiger partial charge in [0.2, 0.25) is 21.8 Å². The molecule has 1 aliphatic heterocycles. The molecule has 1 saturated heterocycles. The van der Waals surface area contributed by atoms with Crippen molar-refractivity contribution < 1.29 is 26.7 Å². The van der Waals surface area contributed by atoms with Crippen molar-refractivity contribution >= 4 is 41.0 Å². The van der Waals surface area contributed by atoms with E-state index in [1.54, 1.807) is 24.3 Å². The van der Waals surface area contributed by atoms with Crippen molar-refractivity contribution in [3.05, 3.63) is 59.7 Å². The van der Waals surface area contributed by atoms with Crippen LogP contribution in [-0.4, -0.2) is 61.1 Å². The summed E-state index contributed by atoms with van der Waals surface area (Å²) in [5, 5.41) is 13.8. The van der Waals surface area contributed by atoms with Gasteiger partial charge in [-0.05, 0) is 41.8 Å². The van der Waals surface area contributed by atoms with E-state index >= 15 is 0 Å². The van der Waals surface area contributed by atoms with E-state index in [1.165, 1.54) is 0 Å². The van der Waals surface area contributed by atoms with Crippen LogP contribution in [0.5, 0.6) is 0 Å². The van der Waals surface area contributed by atoms with Crippen molar-refractivity contribution in [2.45, 2.75) is 30.6 Å². The van der Waals surface area contributed by atoms with Crippen molar-refractivity contribution in [1.29, 1.82) is 0 Å². The molecule has 168 valence electrons. The lowest BCUT2D eigenvalue weighted by atomic mass is 9.82. The Kier molecular flexibility index (Phi) is 8.32. The number of anilines is 2. The normalized spacial score (nSPS) is 21.5. The summed E-state index contributed by atoms with van der Waals surface area (Å²) in [4.78, 5) is 0. The molecular formula is C19H26BN3O6S2. The lowest BCUT2D eigenvalue weighted by Crippen LogP contribution is -2.51. The molecule has 3 atom stereocenters. The summed E-state index contributed by atoms with van der Waals surface area (Å²) >= 11 is 0. The van der Waals surface area contributed by atoms with Gasteiger partial charge in [0.25, 0.3) is 0 Å². The lowest BCUT2D eigenvalue weighted by molar-refractivity contribution is -0.0702. The third-order valence-electron chi connectivity index (χ3n) is 5.25. The Labute approximate surface area is 185 Å². The SMILES string of the molecule is BCN[C@@H]1CO[C@H](C(c2ccc(N[SH](=O)=O)cc2)c2ccc(N[SH](=O)=O)cc2)CC1O. The maximum Gasteiger partial charge on any atom is 0.222 e. The minimum Gasteiger partial charge on any atom is -0.391 e. The summed E-state index contributed by atoms with van der Waals surface area (Å²) in [5.41, 5.74) is 2.69. The predicted molar refractivity (Wildman–Crippen MR) is 123 cm³/mol. The van der Waals surface area contributed by atoms with E-state index in [2.05, 4.69) is 14.8 Å². The number of aliphatic hydroxyl groups excluding tert-OH is 1. The number of hydrogen-bond donors (Lipinski definition) is 6. The van der Waals surface area contributed by atoms with Gasteiger partial charge in [0.05, 0.1) is 24.9 Å². The number of benzene rings is 2. The summed E-state index contributed by atoms with van der Waals surface area (Å²) in [7, 11) is -3.54. The average Bonchev–Trinajstić information content (AvgIpc) is 2.72. The first-order valence-electron chi connectivity index (χ1n) is 9.92. The molecule has 1 aliphatic rings. The van der Waals surface area contributed by atoms with E-state index < -0.39 is 27.9 Å². The number of rotatable bonds is 9. The molecule has 0 radical (unpaired) electrons. The minimum absolute atomic E-state index is 0.137. The fourth-order valence-corrected chi connectivity index (χ4v) is 4.58. The van der Waals surface area contributed by atoms with Crippen molar-refractivity contribution in [2.24, 2.45) is 0 Å². The standard InChI is InChI=1S/C19H26BN3O6S2/c20-11-21-16-10-29-18(9-17(16)24)19(12-1-5-14(6-2-12)22-30(25)26)13-3-7-15(8-4-13)23-31(27)28/h1-8,16-19,21,24,30-31H,9-11,20H2,(H,22,25,26)(H,23,27,28)/t16-,17?,18+/m1/s1. The zero-order chi connectivity index (χ0) is 22.4. The van der Waals surface area contributed by atoms with E-state index in [-0.39, 0.29) is 18.1 Å². The molecule has 0 saturated carbocycles. The number of ether oxygens (including phenoxy) is 1. The molecule has 0 spiro atoms. The van der Waals surface area contributed by atoms with Gasteiger partial charge in [0, 0.05) is 23.7 Å². The highest BCUT2D eigenvalue weighted by Gasteiger charge is 2.35. The minimum atomic E-state index is -2.75. The van der Waals surface area contributed by atoms with Crippen molar-refractivity contribution in [2.75, 3.05) is 22.5 Å². The molecule has 1 unspecified atom stereocenters. The number of hydrogen-bond acceptors (Lipinski definition) is 7. The maximum absolute atomic E-state index is 10.9. The van der Waals surface area contributed by atoms with Crippen molar-refractivity contribution in [3.63, 3.8) is 0 Å². The quantitative estimate of drug-likeness (QED) is 0.214. The number of aliphatic hydroxyl groups is 1. The van der Waals surface area contributed by atoms with Crippen LogP contribution < -0.4 is 14.8 Å². The van der Waals surface area contributed by atoms with Crippen LogP contribution in [0.4, 0.5) is 11.4 Å². The summed E-state index contributed by atoms with van der Waals surface area (Å²) in [6, 6.07) is 13.8. The maximum atomic E-state index is 10.9. The summed E-state index contributed by atoms with van der Waals surface area (Å²) in [5.74, 6) is -0.234. The molecule has 0 bridgehead atoms. The van der Waals surface area contributed by atoms with Crippen LogP contribution in [-0.2, 0) is 26.5 Å². The highest BCUT2D eigenvalue weighted by atomic mass is 32.2. The molecular weight excluding hydrogens is 441 g/mol. The van der Waals surface area contributed by atoms with Crippen LogP contribution in [0, 0.1) is 0 Å². The Bertz CT molecular complexity index is 931. The predicted octanol–water partition coefficient (Wildman–Crippen LogP) is -0.606. The van der Waals surface area contributed by atoms with Crippen LogP contribution in [0.2, 0.25) is 0 Å². The largest absolute Gasteiger partial charge is 0.391 e. The van der Waals surface area contributed by atoms with Crippen LogP contribution >= 0.6 is 0 Å². The highest BCUT2D eigenvalue weighted by molar-refractivity contribution is 7.74. The number of thiol groups is 2. The second-order valence-corrected chi connectivity index (χ2v) is 8.77. The molecule has 4 N–H and O–H groups in total. The van der Waals surface area contributed by atoms with E-state index in [9.17, 15) is 21.9 Å². The topological polar surface area (TPSA) is 134 Å². The molecule has 12 heteroatoms. The zero-order valence-electron chi connectivity index (χ0n) is 16.9. The van der Waals surface area contributed by atoms with E-state index in [4.69, 9.17) is 4.74 Å². The second kappa shape index (κ2) is 11.0. The van der Waals surface area contributed by atoms with Gasteiger partial charge in [-0.25, -0.2) is 16.8 Å². The molecule has 0 aromatic heterocycles. The molecule has 1 fully saturated rings. The molecule has 31 heavy (non-hydrogen) atoms. The van der Waals surface area contributed by atoms with Gasteiger partial charge in [0.15, 0.2) is 0 Å². The highest BCUT2D eigenvalue weighted by Crippen LogP contribution is 2.35. The first-order chi connectivity index (χ1) is 14.9. The van der Waals surface area contributed by atoms with Crippen LogP contribution in [0.1, 0.15) is 23.5 Å². The second-order valence-electron chi connectivity index (χ2n) is 7.30. The average molecular weight is 467 g/mol. The summed E-state index contributed by atoms with van der Waals surface area (Å²) in [6.45, 7) is 0.364. The molecule has 2 aromatic carbocycles. The first-order valence-corrected chi connectivity index (χ1v) is 12.3. The third-order valence-corrected chi connectivity index (χ3v) is 6.13. The third kappa shape index (κ3) is 6.43. The Balaban J connectivity index is 1.90. The van der Waals surface area contributed by atoms with Gasteiger partial charge in [-0.15, -0.1) is 0 Å². The van der Waals surface area contributed by atoms with Crippen LogP contribution in [0.15, 0.2) is 48.5 Å². The molecule has 3 rings (SSSR count). The van der Waals surface area contributed by atoms with Crippen molar-refractivity contribution in [3.8, 4) is 0 Å². The van der Waals surface area contributed by atoms with Gasteiger partial charge in [-0.2, -0.15) is 0 Å². The van der Waals surface area contributed by atoms with E-state index in [1.807, 2.05) is 32.1 Å². The zero-order valence-corrected chi connectivity index (χ0v) is 18.7. The summed E-state index contributed by atoms with van der Waals surface area (Å²) < 4.78 is 54.5. The van der Waals surface area contributed by atoms with Gasteiger partial charge in [-0.3, -0.25) is 9.44 Å². The lowest BCUT2D eigenvalue weighted by Gasteiger charge is -2.38. The molecule has 0 amide bonds. The Morgan fingerprint density at radius 3 is 1.81 bits per heavy atom. The Morgan fingerprint density at radius 2 is 1.42 bits per heavy atom. The van der Waals surface area contributed by atoms with Crippen LogP contribution in [0.25, 0.3) is 0 Å². The Morgan fingerprint density at radius 1 is 0.935 bits per heavy atom. The monoisotopic (exact) mass is 467 g/mol. The van der Waals surface area contributed by atoms with Gasteiger partial charge in [0.1, 0.15) is 7.85 Å². The van der Waals surface area contributed by atoms with Gasteiger partial charge < -0.3 is 15.2 Å². The van der Waals surface area contributed by atoms with Crippen molar-refractivity contribution in [1.82, 2.24) is 5.32 Å². The fourth-order valence-electron chi connectivity index (χ4n) is 3.86. The van der Waals surface area contributed by atoms with E-state index in [0.717, 1.165) is 17.6 Å². The van der Waals surface area contributed by atoms with Gasteiger partial charge >= 0.3 is 0 Å². The summed E-state index contributed by atoms with van der Waals surface area (Å²) in [6.07, 6.45) is 0.264. The first kappa shape index (κ1) is 23.5. The molecule has 2 aromatic rings.